The van der Waals surface area contributed by atoms with Crippen LogP contribution in [0, 0.1) is 5.82 Å². The fraction of sp³-hybridized carbons (Fsp3) is 0.188. The summed E-state index contributed by atoms with van der Waals surface area (Å²) in [5, 5.41) is 9.01. The number of hydrogen-bond acceptors (Lipinski definition) is 2. The van der Waals surface area contributed by atoms with Crippen molar-refractivity contribution in [1.82, 2.24) is 0 Å². The van der Waals surface area contributed by atoms with Gasteiger partial charge in [-0.1, -0.05) is 24.3 Å². The van der Waals surface area contributed by atoms with Gasteiger partial charge < -0.3 is 10.0 Å². The minimum atomic E-state index is -1.14. The van der Waals surface area contributed by atoms with Gasteiger partial charge in [0.15, 0.2) is 5.82 Å². The highest BCUT2D eigenvalue weighted by atomic mass is 79.9. The highest BCUT2D eigenvalue weighted by Crippen LogP contribution is 2.32. The van der Waals surface area contributed by atoms with Crippen molar-refractivity contribution in [2.75, 3.05) is 11.4 Å². The highest BCUT2D eigenvalue weighted by molar-refractivity contribution is 9.10. The van der Waals surface area contributed by atoms with E-state index in [2.05, 4.69) is 22.0 Å². The molecule has 0 radical (unpaired) electrons. The molecule has 0 aromatic heterocycles. The van der Waals surface area contributed by atoms with Crippen molar-refractivity contribution in [1.29, 1.82) is 0 Å². The van der Waals surface area contributed by atoms with Crippen LogP contribution >= 0.6 is 15.9 Å². The lowest BCUT2D eigenvalue weighted by Gasteiger charge is -2.31. The van der Waals surface area contributed by atoms with Gasteiger partial charge >= 0.3 is 5.97 Å². The Balaban J connectivity index is 1.96. The van der Waals surface area contributed by atoms with Gasteiger partial charge in [0, 0.05) is 13.1 Å². The van der Waals surface area contributed by atoms with E-state index < -0.39 is 11.8 Å². The quantitative estimate of drug-likeness (QED) is 0.895. The van der Waals surface area contributed by atoms with E-state index in [9.17, 15) is 9.18 Å². The third kappa shape index (κ3) is 2.53. The summed E-state index contributed by atoms with van der Waals surface area (Å²) >= 11 is 3.05. The Kier molecular flexibility index (Phi) is 3.68. The van der Waals surface area contributed by atoms with Crippen molar-refractivity contribution < 1.29 is 14.3 Å². The Bertz CT molecular complexity index is 717. The summed E-state index contributed by atoms with van der Waals surface area (Å²) in [6, 6.07) is 11.1. The number of carboxylic acid groups (broad SMARTS) is 1. The number of carbonyl (C=O) groups is 1. The summed E-state index contributed by atoms with van der Waals surface area (Å²) in [5.74, 6) is -1.66. The van der Waals surface area contributed by atoms with Crippen molar-refractivity contribution in [3.8, 4) is 0 Å². The third-order valence-corrected chi connectivity index (χ3v) is 4.54. The fourth-order valence-electron chi connectivity index (χ4n) is 2.65. The van der Waals surface area contributed by atoms with Crippen LogP contribution in [0.3, 0.4) is 0 Å². The minimum absolute atomic E-state index is 0.00589. The summed E-state index contributed by atoms with van der Waals surface area (Å²) in [7, 11) is 0. The Morgan fingerprint density at radius 2 is 1.90 bits per heavy atom. The van der Waals surface area contributed by atoms with Crippen LogP contribution in [0.25, 0.3) is 0 Å². The van der Waals surface area contributed by atoms with Crippen LogP contribution in [0.1, 0.15) is 21.5 Å². The lowest BCUT2D eigenvalue weighted by atomic mass is 9.99. The van der Waals surface area contributed by atoms with E-state index in [-0.39, 0.29) is 10.0 Å². The molecule has 0 spiro atoms. The molecule has 3 rings (SSSR count). The fourth-order valence-corrected chi connectivity index (χ4v) is 3.15. The molecule has 108 valence electrons. The number of benzene rings is 2. The molecule has 0 aliphatic carbocycles. The second kappa shape index (κ2) is 5.48. The number of hydrogen-bond donors (Lipinski definition) is 1. The molecular formula is C16H13BrFNO2. The molecule has 1 N–H and O–H groups in total. The van der Waals surface area contributed by atoms with Gasteiger partial charge in [0.25, 0.3) is 0 Å². The standard InChI is InChI=1S/C16H13BrFNO2/c17-14-12(16(20)21)5-6-13(15(14)18)19-8-7-10-3-1-2-4-11(10)9-19/h1-6H,7-9H2,(H,20,21). The van der Waals surface area contributed by atoms with Crippen LogP contribution < -0.4 is 4.90 Å². The van der Waals surface area contributed by atoms with Crippen molar-refractivity contribution in [3.63, 3.8) is 0 Å². The first kappa shape index (κ1) is 14.1. The zero-order valence-corrected chi connectivity index (χ0v) is 12.7. The SMILES string of the molecule is O=C(O)c1ccc(N2CCc3ccccc3C2)c(F)c1Br. The molecule has 1 heterocycles. The van der Waals surface area contributed by atoms with Crippen molar-refractivity contribution in [3.05, 3.63) is 63.4 Å². The monoisotopic (exact) mass is 349 g/mol. The molecule has 2 aromatic carbocycles. The normalized spacial score (nSPS) is 13.9. The maximum Gasteiger partial charge on any atom is 0.336 e. The second-order valence-electron chi connectivity index (χ2n) is 5.01. The van der Waals surface area contributed by atoms with E-state index in [0.29, 0.717) is 18.8 Å². The highest BCUT2D eigenvalue weighted by Gasteiger charge is 2.22. The van der Waals surface area contributed by atoms with Gasteiger partial charge in [0.2, 0.25) is 0 Å². The zero-order chi connectivity index (χ0) is 15.0. The van der Waals surface area contributed by atoms with Crippen LogP contribution in [0.2, 0.25) is 0 Å². The molecule has 3 nitrogen and oxygen atoms in total. The van der Waals surface area contributed by atoms with E-state index >= 15 is 0 Å². The first-order valence-corrected chi connectivity index (χ1v) is 7.40. The van der Waals surface area contributed by atoms with Gasteiger partial charge in [0.1, 0.15) is 0 Å². The largest absolute Gasteiger partial charge is 0.478 e. The smallest absolute Gasteiger partial charge is 0.336 e. The van der Waals surface area contributed by atoms with Crippen molar-refractivity contribution in [2.24, 2.45) is 0 Å². The van der Waals surface area contributed by atoms with Crippen LogP contribution in [-0.4, -0.2) is 17.6 Å². The molecule has 0 amide bonds. The minimum Gasteiger partial charge on any atom is -0.478 e. The van der Waals surface area contributed by atoms with Crippen LogP contribution in [0.15, 0.2) is 40.9 Å². The topological polar surface area (TPSA) is 40.5 Å². The number of fused-ring (bicyclic) bond motifs is 1. The molecule has 0 unspecified atom stereocenters. The second-order valence-corrected chi connectivity index (χ2v) is 5.80. The number of nitrogens with zero attached hydrogens (tertiary/aromatic N) is 1. The Morgan fingerprint density at radius 3 is 2.62 bits per heavy atom. The summed E-state index contributed by atoms with van der Waals surface area (Å²) < 4.78 is 14.4. The van der Waals surface area contributed by atoms with Gasteiger partial charge in [0.05, 0.1) is 15.7 Å². The molecular weight excluding hydrogens is 337 g/mol. The predicted octanol–water partition coefficient (Wildman–Crippen LogP) is 3.85. The molecule has 2 aromatic rings. The molecule has 0 atom stereocenters. The zero-order valence-electron chi connectivity index (χ0n) is 11.1. The average molecular weight is 350 g/mol. The Labute approximate surface area is 130 Å². The lowest BCUT2D eigenvalue weighted by Crippen LogP contribution is -2.31. The third-order valence-electron chi connectivity index (χ3n) is 3.76. The maximum atomic E-state index is 14.4. The predicted molar refractivity (Wildman–Crippen MR) is 82.3 cm³/mol. The van der Waals surface area contributed by atoms with Gasteiger partial charge in [-0.3, -0.25) is 0 Å². The van der Waals surface area contributed by atoms with E-state index in [1.54, 1.807) is 0 Å². The number of anilines is 1. The Hall–Kier alpha value is -1.88. The molecule has 1 aliphatic heterocycles. The lowest BCUT2D eigenvalue weighted by molar-refractivity contribution is 0.0695. The van der Waals surface area contributed by atoms with E-state index in [0.717, 1.165) is 6.42 Å². The van der Waals surface area contributed by atoms with Crippen molar-refractivity contribution >= 4 is 27.6 Å². The van der Waals surface area contributed by atoms with E-state index in [1.807, 2.05) is 23.1 Å². The van der Waals surface area contributed by atoms with E-state index in [1.165, 1.54) is 23.3 Å². The molecule has 0 bridgehead atoms. The van der Waals surface area contributed by atoms with Crippen molar-refractivity contribution in [2.45, 2.75) is 13.0 Å². The molecule has 0 saturated carbocycles. The summed E-state index contributed by atoms with van der Waals surface area (Å²) in [5.41, 5.74) is 2.84. The molecule has 0 saturated heterocycles. The molecule has 0 fully saturated rings. The first-order valence-electron chi connectivity index (χ1n) is 6.61. The molecule has 5 heteroatoms. The van der Waals surface area contributed by atoms with E-state index in [4.69, 9.17) is 5.11 Å². The first-order chi connectivity index (χ1) is 10.1. The summed E-state index contributed by atoms with van der Waals surface area (Å²) in [6.45, 7) is 1.35. The van der Waals surface area contributed by atoms with Gasteiger partial charge in [-0.15, -0.1) is 0 Å². The summed E-state index contributed by atoms with van der Waals surface area (Å²) in [6.07, 6.45) is 0.855. The summed E-state index contributed by atoms with van der Waals surface area (Å²) in [4.78, 5) is 13.0. The number of halogens is 2. The molecule has 21 heavy (non-hydrogen) atoms. The Morgan fingerprint density at radius 1 is 1.19 bits per heavy atom. The molecule has 1 aliphatic rings. The van der Waals surface area contributed by atoms with Crippen LogP contribution in [-0.2, 0) is 13.0 Å². The maximum absolute atomic E-state index is 14.4. The number of rotatable bonds is 2. The number of aromatic carboxylic acids is 1. The average Bonchev–Trinajstić information content (AvgIpc) is 2.49. The van der Waals surface area contributed by atoms with Gasteiger partial charge in [-0.05, 0) is 45.6 Å². The number of carboxylic acids is 1. The van der Waals surface area contributed by atoms with Gasteiger partial charge in [-0.2, -0.15) is 0 Å². The van der Waals surface area contributed by atoms with Crippen LogP contribution in [0.5, 0.6) is 0 Å². The van der Waals surface area contributed by atoms with Crippen LogP contribution in [0.4, 0.5) is 10.1 Å². The van der Waals surface area contributed by atoms with Gasteiger partial charge in [-0.25, -0.2) is 9.18 Å².